The Morgan fingerprint density at radius 2 is 1.92 bits per heavy atom. The fraction of sp³-hybridized carbons (Fsp3) is 0.571. The highest BCUT2D eigenvalue weighted by Gasteiger charge is 2.54. The number of hydrogen-bond acceptors (Lipinski definition) is 4. The summed E-state index contributed by atoms with van der Waals surface area (Å²) in [5, 5.41) is 4.26. The lowest BCUT2D eigenvalue weighted by molar-refractivity contribution is -0.146. The van der Waals surface area contributed by atoms with Gasteiger partial charge in [-0.1, -0.05) is 0 Å². The standard InChI is InChI=1S/C21H25N3OS/c1-13-18(26-19(24-13)17-3-2-4-22-11-17)12-23-20(25)21-8-14-5-15(9-21)7-16(6-14)10-21/h2-4,11,14-16H,5-10,12H2,1H3,(H,23,25). The molecule has 2 aromatic heterocycles. The zero-order chi connectivity index (χ0) is 17.7. The second-order valence-electron chi connectivity index (χ2n) is 8.65. The molecule has 0 radical (unpaired) electrons. The van der Waals surface area contributed by atoms with Crippen molar-refractivity contribution in [2.24, 2.45) is 23.2 Å². The molecule has 0 saturated heterocycles. The van der Waals surface area contributed by atoms with Crippen molar-refractivity contribution < 1.29 is 4.79 Å². The average Bonchev–Trinajstić information content (AvgIpc) is 3.00. The fourth-order valence-electron chi connectivity index (χ4n) is 5.94. The van der Waals surface area contributed by atoms with Gasteiger partial charge in [0.1, 0.15) is 5.01 Å². The molecule has 0 unspecified atom stereocenters. The third-order valence-electron chi connectivity index (χ3n) is 6.73. The maximum atomic E-state index is 13.1. The third-order valence-corrected chi connectivity index (χ3v) is 7.94. The zero-order valence-electron chi connectivity index (χ0n) is 15.2. The van der Waals surface area contributed by atoms with Gasteiger partial charge in [-0.15, -0.1) is 11.3 Å². The van der Waals surface area contributed by atoms with Gasteiger partial charge in [0, 0.05) is 28.2 Å². The van der Waals surface area contributed by atoms with Crippen LogP contribution in [0.15, 0.2) is 24.5 Å². The number of nitrogens with zero attached hydrogens (tertiary/aromatic N) is 2. The summed E-state index contributed by atoms with van der Waals surface area (Å²) in [5.41, 5.74) is 1.98. The van der Waals surface area contributed by atoms with Crippen molar-refractivity contribution in [3.63, 3.8) is 0 Å². The Kier molecular flexibility index (Phi) is 3.89. The Morgan fingerprint density at radius 3 is 2.54 bits per heavy atom. The molecule has 1 N–H and O–H groups in total. The molecule has 0 spiro atoms. The van der Waals surface area contributed by atoms with Gasteiger partial charge in [-0.25, -0.2) is 4.98 Å². The number of aryl methyl sites for hydroxylation is 1. The quantitative estimate of drug-likeness (QED) is 0.874. The Labute approximate surface area is 158 Å². The van der Waals surface area contributed by atoms with Crippen LogP contribution in [0.25, 0.3) is 10.6 Å². The predicted octanol–water partition coefficient (Wildman–Crippen LogP) is 4.35. The summed E-state index contributed by atoms with van der Waals surface area (Å²) in [5.74, 6) is 2.70. The first-order chi connectivity index (χ1) is 12.6. The first-order valence-corrected chi connectivity index (χ1v) is 10.6. The van der Waals surface area contributed by atoms with Gasteiger partial charge < -0.3 is 5.32 Å². The number of aromatic nitrogens is 2. The molecule has 4 fully saturated rings. The van der Waals surface area contributed by atoms with Crippen molar-refractivity contribution in [3.05, 3.63) is 35.1 Å². The summed E-state index contributed by atoms with van der Waals surface area (Å²) in [4.78, 5) is 23.1. The molecular formula is C21H25N3OS. The van der Waals surface area contributed by atoms with Crippen LogP contribution < -0.4 is 5.32 Å². The molecule has 4 saturated carbocycles. The maximum absolute atomic E-state index is 13.1. The lowest BCUT2D eigenvalue weighted by atomic mass is 9.49. The number of nitrogens with one attached hydrogen (secondary N) is 1. The van der Waals surface area contributed by atoms with Crippen LogP contribution in [0, 0.1) is 30.1 Å². The van der Waals surface area contributed by atoms with E-state index >= 15 is 0 Å². The molecule has 0 aromatic carbocycles. The van der Waals surface area contributed by atoms with Gasteiger partial charge in [0.05, 0.1) is 12.2 Å². The minimum Gasteiger partial charge on any atom is -0.351 e. The van der Waals surface area contributed by atoms with E-state index in [0.717, 1.165) is 58.2 Å². The SMILES string of the molecule is Cc1nc(-c2cccnc2)sc1CNC(=O)C12CC3CC(CC(C3)C1)C2. The Morgan fingerprint density at radius 1 is 1.23 bits per heavy atom. The average molecular weight is 368 g/mol. The Bertz CT molecular complexity index is 794. The first-order valence-electron chi connectivity index (χ1n) is 9.76. The minimum absolute atomic E-state index is 0.0699. The molecule has 2 heterocycles. The van der Waals surface area contributed by atoms with Gasteiger partial charge in [0.25, 0.3) is 0 Å². The number of amides is 1. The second-order valence-corrected chi connectivity index (χ2v) is 9.73. The predicted molar refractivity (Wildman–Crippen MR) is 103 cm³/mol. The lowest BCUT2D eigenvalue weighted by Gasteiger charge is -2.55. The summed E-state index contributed by atoms with van der Waals surface area (Å²) in [6, 6.07) is 3.96. The monoisotopic (exact) mass is 367 g/mol. The maximum Gasteiger partial charge on any atom is 0.226 e. The summed E-state index contributed by atoms with van der Waals surface area (Å²) in [7, 11) is 0. The molecule has 4 bridgehead atoms. The molecule has 26 heavy (non-hydrogen) atoms. The van der Waals surface area contributed by atoms with Gasteiger partial charge in [0.15, 0.2) is 0 Å². The number of thiazole rings is 1. The zero-order valence-corrected chi connectivity index (χ0v) is 16.0. The number of carbonyl (C=O) groups excluding carboxylic acids is 1. The summed E-state index contributed by atoms with van der Waals surface area (Å²) >= 11 is 1.67. The van der Waals surface area contributed by atoms with E-state index in [2.05, 4.69) is 15.3 Å². The summed E-state index contributed by atoms with van der Waals surface area (Å²) in [6.07, 6.45) is 11.1. The smallest absolute Gasteiger partial charge is 0.226 e. The molecular weight excluding hydrogens is 342 g/mol. The molecule has 5 heteroatoms. The van der Waals surface area contributed by atoms with Crippen LogP contribution in [0.3, 0.4) is 0 Å². The molecule has 0 aliphatic heterocycles. The number of pyridine rings is 1. The summed E-state index contributed by atoms with van der Waals surface area (Å²) in [6.45, 7) is 2.63. The van der Waals surface area contributed by atoms with Gasteiger partial charge in [-0.3, -0.25) is 9.78 Å². The molecule has 4 nitrogen and oxygen atoms in total. The summed E-state index contributed by atoms with van der Waals surface area (Å²) < 4.78 is 0. The highest BCUT2D eigenvalue weighted by Crippen LogP contribution is 2.60. The van der Waals surface area contributed by atoms with Crippen LogP contribution >= 0.6 is 11.3 Å². The topological polar surface area (TPSA) is 54.9 Å². The van der Waals surface area contributed by atoms with E-state index in [-0.39, 0.29) is 5.41 Å². The Balaban J connectivity index is 1.30. The molecule has 4 aliphatic carbocycles. The number of rotatable bonds is 4. The highest BCUT2D eigenvalue weighted by atomic mass is 32.1. The van der Waals surface area contributed by atoms with Crippen molar-refractivity contribution in [3.8, 4) is 10.6 Å². The van der Waals surface area contributed by atoms with Crippen molar-refractivity contribution >= 4 is 17.2 Å². The molecule has 4 aliphatic rings. The van der Waals surface area contributed by atoms with Gasteiger partial charge in [-0.05, 0) is 75.3 Å². The van der Waals surface area contributed by atoms with Crippen LogP contribution in [0.4, 0.5) is 0 Å². The van der Waals surface area contributed by atoms with Crippen molar-refractivity contribution in [2.75, 3.05) is 0 Å². The van der Waals surface area contributed by atoms with Crippen LogP contribution in [0.2, 0.25) is 0 Å². The van der Waals surface area contributed by atoms with Crippen LogP contribution in [-0.2, 0) is 11.3 Å². The molecule has 6 rings (SSSR count). The van der Waals surface area contributed by atoms with E-state index in [4.69, 9.17) is 0 Å². The fourth-order valence-corrected chi connectivity index (χ4v) is 6.93. The van der Waals surface area contributed by atoms with E-state index in [1.54, 1.807) is 17.5 Å². The van der Waals surface area contributed by atoms with Gasteiger partial charge in [0.2, 0.25) is 5.91 Å². The van der Waals surface area contributed by atoms with E-state index in [1.165, 1.54) is 19.3 Å². The van der Waals surface area contributed by atoms with Crippen molar-refractivity contribution in [1.82, 2.24) is 15.3 Å². The Hall–Kier alpha value is -1.75. The minimum atomic E-state index is -0.0699. The van der Waals surface area contributed by atoms with E-state index < -0.39 is 0 Å². The molecule has 1 amide bonds. The van der Waals surface area contributed by atoms with Crippen molar-refractivity contribution in [1.29, 1.82) is 0 Å². The largest absolute Gasteiger partial charge is 0.351 e. The first kappa shape index (κ1) is 16.4. The van der Waals surface area contributed by atoms with Crippen LogP contribution in [-0.4, -0.2) is 15.9 Å². The molecule has 0 atom stereocenters. The number of carbonyl (C=O) groups is 1. The third kappa shape index (κ3) is 2.77. The highest BCUT2D eigenvalue weighted by molar-refractivity contribution is 7.15. The van der Waals surface area contributed by atoms with Gasteiger partial charge in [-0.2, -0.15) is 0 Å². The second kappa shape index (κ2) is 6.15. The molecule has 136 valence electrons. The molecule has 2 aromatic rings. The normalized spacial score (nSPS) is 32.0. The number of hydrogen-bond donors (Lipinski definition) is 1. The van der Waals surface area contributed by atoms with Crippen LogP contribution in [0.5, 0.6) is 0 Å². The van der Waals surface area contributed by atoms with Gasteiger partial charge >= 0.3 is 0 Å². The van der Waals surface area contributed by atoms with E-state index in [0.29, 0.717) is 12.5 Å². The van der Waals surface area contributed by atoms with E-state index in [1.807, 2.05) is 25.3 Å². The van der Waals surface area contributed by atoms with Crippen molar-refractivity contribution in [2.45, 2.75) is 52.0 Å². The van der Waals surface area contributed by atoms with Crippen LogP contribution in [0.1, 0.15) is 49.1 Å². The lowest BCUT2D eigenvalue weighted by Crippen LogP contribution is -2.53. The van der Waals surface area contributed by atoms with E-state index in [9.17, 15) is 4.79 Å².